The second-order valence-corrected chi connectivity index (χ2v) is 5.27. The summed E-state index contributed by atoms with van der Waals surface area (Å²) in [7, 11) is 0. The molecule has 1 aromatic heterocycles. The topological polar surface area (TPSA) is 85.8 Å². The Bertz CT molecular complexity index is 817. The molecule has 0 saturated heterocycles. The first-order valence-corrected chi connectivity index (χ1v) is 7.55. The lowest BCUT2D eigenvalue weighted by atomic mass is 10.2. The van der Waals surface area contributed by atoms with Gasteiger partial charge in [0.05, 0.1) is 11.4 Å². The summed E-state index contributed by atoms with van der Waals surface area (Å²) in [4.78, 5) is 7.73. The highest BCUT2D eigenvalue weighted by Crippen LogP contribution is 2.20. The average molecular weight is 340 g/mol. The minimum Gasteiger partial charge on any atom is -0.473 e. The van der Waals surface area contributed by atoms with Crippen LogP contribution in [-0.4, -0.2) is 9.97 Å². The summed E-state index contributed by atoms with van der Waals surface area (Å²) >= 11 is 5.80. The Labute approximate surface area is 144 Å². The van der Waals surface area contributed by atoms with E-state index in [-0.39, 0.29) is 11.1 Å². The van der Waals surface area contributed by atoms with Crippen molar-refractivity contribution in [2.45, 2.75) is 6.61 Å². The van der Waals surface area contributed by atoms with Crippen LogP contribution in [0.4, 0.5) is 17.3 Å². The van der Waals surface area contributed by atoms with Crippen LogP contribution in [0.1, 0.15) is 5.56 Å². The van der Waals surface area contributed by atoms with Crippen LogP contribution in [0, 0.1) is 0 Å². The molecular weight excluding hydrogens is 326 g/mol. The number of rotatable bonds is 5. The van der Waals surface area contributed by atoms with Gasteiger partial charge in [-0.25, -0.2) is 4.98 Å². The van der Waals surface area contributed by atoms with Crippen LogP contribution in [-0.2, 0) is 6.61 Å². The third-order valence-corrected chi connectivity index (χ3v) is 3.24. The molecular formula is C17H14ClN5O. The minimum absolute atomic E-state index is 0.0779. The van der Waals surface area contributed by atoms with E-state index >= 15 is 0 Å². The van der Waals surface area contributed by atoms with Gasteiger partial charge in [-0.15, -0.1) is 0 Å². The number of nitrogens with zero attached hydrogens (tertiary/aromatic N) is 4. The average Bonchev–Trinajstić information content (AvgIpc) is 2.59. The summed E-state index contributed by atoms with van der Waals surface area (Å²) in [6.45, 7) is 0.336. The van der Waals surface area contributed by atoms with Crippen LogP contribution < -0.4 is 10.5 Å². The molecule has 3 rings (SSSR count). The van der Waals surface area contributed by atoms with Gasteiger partial charge in [0.2, 0.25) is 11.8 Å². The van der Waals surface area contributed by atoms with Crippen molar-refractivity contribution in [2.24, 2.45) is 10.2 Å². The Morgan fingerprint density at radius 1 is 0.917 bits per heavy atom. The van der Waals surface area contributed by atoms with Crippen LogP contribution >= 0.6 is 11.6 Å². The van der Waals surface area contributed by atoms with Crippen molar-refractivity contribution < 1.29 is 4.74 Å². The fourth-order valence-corrected chi connectivity index (χ4v) is 2.09. The summed E-state index contributed by atoms with van der Waals surface area (Å²) in [6.07, 6.45) is 0. The van der Waals surface area contributed by atoms with Crippen LogP contribution in [0.15, 0.2) is 70.9 Å². The molecule has 0 atom stereocenters. The molecule has 0 fully saturated rings. The van der Waals surface area contributed by atoms with E-state index in [1.165, 1.54) is 6.07 Å². The monoisotopic (exact) mass is 339 g/mol. The van der Waals surface area contributed by atoms with Gasteiger partial charge in [0.25, 0.3) is 0 Å². The highest BCUT2D eigenvalue weighted by atomic mass is 35.5. The van der Waals surface area contributed by atoms with E-state index in [0.717, 1.165) is 16.9 Å². The number of nitrogens with two attached hydrogens (primary N) is 1. The zero-order valence-corrected chi connectivity index (χ0v) is 13.4. The van der Waals surface area contributed by atoms with Gasteiger partial charge in [0, 0.05) is 6.07 Å². The lowest BCUT2D eigenvalue weighted by Crippen LogP contribution is -2.01. The van der Waals surface area contributed by atoms with Gasteiger partial charge in [-0.3, -0.25) is 0 Å². The summed E-state index contributed by atoms with van der Waals surface area (Å²) in [5.41, 5.74) is 8.05. The standard InChI is InChI=1S/C17H14ClN5O/c18-15-10-16(21-17(19)20-15)24-11-12-6-8-14(9-7-12)23-22-13-4-2-1-3-5-13/h1-10H,11H2,(H2,19,20,21). The van der Waals surface area contributed by atoms with Gasteiger partial charge < -0.3 is 10.5 Å². The van der Waals surface area contributed by atoms with Crippen molar-refractivity contribution in [3.05, 3.63) is 71.4 Å². The predicted octanol–water partition coefficient (Wildman–Crippen LogP) is 4.71. The zero-order chi connectivity index (χ0) is 16.8. The lowest BCUT2D eigenvalue weighted by molar-refractivity contribution is 0.294. The van der Waals surface area contributed by atoms with E-state index in [2.05, 4.69) is 20.2 Å². The van der Waals surface area contributed by atoms with Crippen LogP contribution in [0.25, 0.3) is 0 Å². The Kier molecular flexibility index (Phi) is 4.98. The minimum atomic E-state index is 0.0779. The Hall–Kier alpha value is -2.99. The van der Waals surface area contributed by atoms with Crippen molar-refractivity contribution in [1.29, 1.82) is 0 Å². The molecule has 0 spiro atoms. The fraction of sp³-hybridized carbons (Fsp3) is 0.0588. The van der Waals surface area contributed by atoms with Crippen molar-refractivity contribution in [2.75, 3.05) is 5.73 Å². The molecule has 1 heterocycles. The first kappa shape index (κ1) is 15.9. The number of azo groups is 1. The quantitative estimate of drug-likeness (QED) is 0.539. The maximum atomic E-state index is 5.80. The molecule has 0 amide bonds. The van der Waals surface area contributed by atoms with Gasteiger partial charge in [-0.05, 0) is 29.8 Å². The molecule has 7 heteroatoms. The Morgan fingerprint density at radius 2 is 1.58 bits per heavy atom. The van der Waals surface area contributed by atoms with E-state index in [9.17, 15) is 0 Å². The smallest absolute Gasteiger partial charge is 0.224 e. The summed E-state index contributed by atoms with van der Waals surface area (Å²) < 4.78 is 5.55. The maximum absolute atomic E-state index is 5.80. The normalized spacial score (nSPS) is 10.9. The molecule has 2 N–H and O–H groups in total. The number of nitrogen functional groups attached to an aromatic ring is 1. The van der Waals surface area contributed by atoms with Gasteiger partial charge in [0.15, 0.2) is 0 Å². The summed E-state index contributed by atoms with van der Waals surface area (Å²) in [6, 6.07) is 18.6. The van der Waals surface area contributed by atoms with Gasteiger partial charge in [-0.2, -0.15) is 15.2 Å². The van der Waals surface area contributed by atoms with Crippen LogP contribution in [0.5, 0.6) is 5.88 Å². The first-order chi connectivity index (χ1) is 11.7. The largest absolute Gasteiger partial charge is 0.473 e. The molecule has 0 aliphatic rings. The number of aromatic nitrogens is 2. The summed E-state index contributed by atoms with van der Waals surface area (Å²) in [5, 5.41) is 8.60. The molecule has 24 heavy (non-hydrogen) atoms. The fourth-order valence-electron chi connectivity index (χ4n) is 1.91. The number of hydrogen-bond donors (Lipinski definition) is 1. The highest BCUT2D eigenvalue weighted by Gasteiger charge is 2.02. The van der Waals surface area contributed by atoms with Crippen molar-refractivity contribution >= 4 is 28.9 Å². The second kappa shape index (κ2) is 7.52. The maximum Gasteiger partial charge on any atom is 0.224 e. The number of benzene rings is 2. The molecule has 0 aliphatic carbocycles. The second-order valence-electron chi connectivity index (χ2n) is 4.88. The molecule has 120 valence electrons. The van der Waals surface area contributed by atoms with Gasteiger partial charge >= 0.3 is 0 Å². The lowest BCUT2D eigenvalue weighted by Gasteiger charge is -2.06. The molecule has 0 aliphatic heterocycles. The van der Waals surface area contributed by atoms with E-state index in [0.29, 0.717) is 12.5 Å². The number of ether oxygens (including phenoxy) is 1. The molecule has 0 unspecified atom stereocenters. The molecule has 3 aromatic rings. The van der Waals surface area contributed by atoms with Crippen molar-refractivity contribution in [1.82, 2.24) is 9.97 Å². The van der Waals surface area contributed by atoms with E-state index in [4.69, 9.17) is 22.1 Å². The number of halogens is 1. The number of anilines is 1. The SMILES string of the molecule is Nc1nc(Cl)cc(OCc2ccc(N=Nc3ccccc3)cc2)n1. The van der Waals surface area contributed by atoms with Gasteiger partial charge in [-0.1, -0.05) is 41.9 Å². The van der Waals surface area contributed by atoms with Crippen molar-refractivity contribution in [3.63, 3.8) is 0 Å². The highest BCUT2D eigenvalue weighted by molar-refractivity contribution is 6.29. The molecule has 0 bridgehead atoms. The summed E-state index contributed by atoms with van der Waals surface area (Å²) in [5.74, 6) is 0.412. The molecule has 0 radical (unpaired) electrons. The van der Waals surface area contributed by atoms with Gasteiger partial charge in [0.1, 0.15) is 11.8 Å². The zero-order valence-electron chi connectivity index (χ0n) is 12.6. The third-order valence-electron chi connectivity index (χ3n) is 3.05. The first-order valence-electron chi connectivity index (χ1n) is 7.18. The molecule has 6 nitrogen and oxygen atoms in total. The molecule has 0 saturated carbocycles. The van der Waals surface area contributed by atoms with E-state index in [1.807, 2.05) is 54.6 Å². The van der Waals surface area contributed by atoms with Crippen LogP contribution in [0.3, 0.4) is 0 Å². The van der Waals surface area contributed by atoms with E-state index < -0.39 is 0 Å². The predicted molar refractivity (Wildman–Crippen MR) is 92.8 cm³/mol. The van der Waals surface area contributed by atoms with Crippen LogP contribution in [0.2, 0.25) is 5.15 Å². The van der Waals surface area contributed by atoms with Crippen molar-refractivity contribution in [3.8, 4) is 5.88 Å². The van der Waals surface area contributed by atoms with E-state index in [1.54, 1.807) is 0 Å². The number of hydrogen-bond acceptors (Lipinski definition) is 6. The Balaban J connectivity index is 1.61. The Morgan fingerprint density at radius 3 is 2.25 bits per heavy atom. The molecule has 2 aromatic carbocycles. The third kappa shape index (κ3) is 4.50.